The van der Waals surface area contributed by atoms with E-state index in [1.807, 2.05) is 0 Å². The molecule has 1 aliphatic rings. The monoisotopic (exact) mass is 269 g/mol. The lowest BCUT2D eigenvalue weighted by Gasteiger charge is -2.22. The van der Waals surface area contributed by atoms with E-state index in [1.54, 1.807) is 18.2 Å². The first-order valence-corrected chi connectivity index (χ1v) is 5.19. The number of halogens is 1. The van der Waals surface area contributed by atoms with Crippen LogP contribution in [0, 0.1) is 0 Å². The Morgan fingerprint density at radius 3 is 2.93 bits per heavy atom. The van der Waals surface area contributed by atoms with Crippen LogP contribution in [0.5, 0.6) is 0 Å². The average Bonchev–Trinajstić information content (AvgIpc) is 2.16. The fourth-order valence-electron chi connectivity index (χ4n) is 1.61. The van der Waals surface area contributed by atoms with Gasteiger partial charge in [-0.1, -0.05) is 15.9 Å². The van der Waals surface area contributed by atoms with Crippen molar-refractivity contribution in [3.63, 3.8) is 0 Å². The van der Waals surface area contributed by atoms with Crippen molar-refractivity contribution in [3.8, 4) is 0 Å². The van der Waals surface area contributed by atoms with E-state index in [-0.39, 0.29) is 5.91 Å². The molecule has 0 fully saturated rings. The van der Waals surface area contributed by atoms with Gasteiger partial charge in [0.25, 0.3) is 5.91 Å². The number of hydrogen-bond donors (Lipinski definition) is 2. The molecule has 1 amide bonds. The number of carboxylic acid groups (broad SMARTS) is 1. The van der Waals surface area contributed by atoms with E-state index < -0.39 is 12.0 Å². The lowest BCUT2D eigenvalue weighted by atomic mass is 9.95. The average molecular weight is 270 g/mol. The Kier molecular flexibility index (Phi) is 2.48. The SMILES string of the molecule is O=C1NC(C(=O)O)Cc2cc(Br)ccc21. The molecule has 2 N–H and O–H groups in total. The van der Waals surface area contributed by atoms with Gasteiger partial charge in [0.15, 0.2) is 0 Å². The molecule has 0 radical (unpaired) electrons. The summed E-state index contributed by atoms with van der Waals surface area (Å²) < 4.78 is 0.847. The van der Waals surface area contributed by atoms with Gasteiger partial charge in [0.05, 0.1) is 0 Å². The van der Waals surface area contributed by atoms with Crippen molar-refractivity contribution in [2.75, 3.05) is 0 Å². The predicted octanol–water partition coefficient (Wildman–Crippen LogP) is 1.19. The molecule has 0 spiro atoms. The number of rotatable bonds is 1. The van der Waals surface area contributed by atoms with Crippen LogP contribution >= 0.6 is 15.9 Å². The summed E-state index contributed by atoms with van der Waals surface area (Å²) in [6, 6.07) is 4.41. The molecule has 1 aromatic rings. The summed E-state index contributed by atoms with van der Waals surface area (Å²) in [6.45, 7) is 0. The molecule has 1 aromatic carbocycles. The highest BCUT2D eigenvalue weighted by atomic mass is 79.9. The van der Waals surface area contributed by atoms with Gasteiger partial charge in [0.1, 0.15) is 6.04 Å². The summed E-state index contributed by atoms with van der Waals surface area (Å²) in [6.07, 6.45) is 0.329. The van der Waals surface area contributed by atoms with Crippen LogP contribution in [0.15, 0.2) is 22.7 Å². The van der Waals surface area contributed by atoms with Gasteiger partial charge in [-0.05, 0) is 23.8 Å². The Balaban J connectivity index is 2.41. The third kappa shape index (κ3) is 1.87. The molecule has 1 aliphatic heterocycles. The number of hydrogen-bond acceptors (Lipinski definition) is 2. The molecule has 5 heteroatoms. The fraction of sp³-hybridized carbons (Fsp3) is 0.200. The maximum absolute atomic E-state index is 11.5. The Morgan fingerprint density at radius 1 is 1.53 bits per heavy atom. The largest absolute Gasteiger partial charge is 0.480 e. The van der Waals surface area contributed by atoms with Crippen LogP contribution < -0.4 is 5.32 Å². The van der Waals surface area contributed by atoms with E-state index in [1.165, 1.54) is 0 Å². The Bertz CT molecular complexity index is 444. The first kappa shape index (κ1) is 10.2. The molecule has 2 rings (SSSR count). The number of nitrogens with one attached hydrogen (secondary N) is 1. The van der Waals surface area contributed by atoms with Crippen LogP contribution in [-0.2, 0) is 11.2 Å². The number of aliphatic carboxylic acids is 1. The lowest BCUT2D eigenvalue weighted by Crippen LogP contribution is -2.46. The van der Waals surface area contributed by atoms with Crippen molar-refractivity contribution < 1.29 is 14.7 Å². The number of benzene rings is 1. The predicted molar refractivity (Wildman–Crippen MR) is 56.7 cm³/mol. The van der Waals surface area contributed by atoms with Gasteiger partial charge in [0.2, 0.25) is 0 Å². The standard InChI is InChI=1S/C10H8BrNO3/c11-6-1-2-7-5(3-6)4-8(10(14)15)12-9(7)13/h1-3,8H,4H2,(H,12,13)(H,14,15). The second-order valence-corrected chi connectivity index (χ2v) is 4.29. The molecule has 1 unspecified atom stereocenters. The number of carboxylic acids is 1. The fourth-order valence-corrected chi connectivity index (χ4v) is 2.02. The quantitative estimate of drug-likeness (QED) is 0.805. The van der Waals surface area contributed by atoms with Crippen molar-refractivity contribution in [1.29, 1.82) is 0 Å². The summed E-state index contributed by atoms with van der Waals surface area (Å²) in [5.74, 6) is -1.33. The smallest absolute Gasteiger partial charge is 0.326 e. The van der Waals surface area contributed by atoms with Crippen LogP contribution in [0.4, 0.5) is 0 Å². The van der Waals surface area contributed by atoms with Crippen LogP contribution in [0.25, 0.3) is 0 Å². The van der Waals surface area contributed by atoms with E-state index in [9.17, 15) is 9.59 Å². The molecular weight excluding hydrogens is 262 g/mol. The summed E-state index contributed by atoms with van der Waals surface area (Å²) in [5, 5.41) is 11.3. The third-order valence-corrected chi connectivity index (χ3v) is 2.83. The Morgan fingerprint density at radius 2 is 2.27 bits per heavy atom. The van der Waals surface area contributed by atoms with E-state index in [4.69, 9.17) is 5.11 Å². The molecule has 1 heterocycles. The highest BCUT2D eigenvalue weighted by molar-refractivity contribution is 9.10. The highest BCUT2D eigenvalue weighted by Gasteiger charge is 2.28. The van der Waals surface area contributed by atoms with Crippen LogP contribution in [-0.4, -0.2) is 23.0 Å². The first-order chi connectivity index (χ1) is 7.08. The normalized spacial score (nSPS) is 19.3. The zero-order valence-electron chi connectivity index (χ0n) is 7.66. The molecule has 4 nitrogen and oxygen atoms in total. The topological polar surface area (TPSA) is 66.4 Å². The van der Waals surface area contributed by atoms with Gasteiger partial charge < -0.3 is 10.4 Å². The summed E-state index contributed by atoms with van der Waals surface area (Å²) in [5.41, 5.74) is 1.32. The van der Waals surface area contributed by atoms with E-state index in [2.05, 4.69) is 21.2 Å². The van der Waals surface area contributed by atoms with Gasteiger partial charge >= 0.3 is 5.97 Å². The number of carbonyl (C=O) groups excluding carboxylic acids is 1. The molecule has 0 saturated heterocycles. The zero-order chi connectivity index (χ0) is 11.0. The Hall–Kier alpha value is -1.36. The minimum absolute atomic E-state index is 0.323. The van der Waals surface area contributed by atoms with Crippen molar-refractivity contribution in [2.45, 2.75) is 12.5 Å². The van der Waals surface area contributed by atoms with Gasteiger partial charge in [-0.2, -0.15) is 0 Å². The van der Waals surface area contributed by atoms with Gasteiger partial charge in [-0.25, -0.2) is 4.79 Å². The van der Waals surface area contributed by atoms with Crippen LogP contribution in [0.3, 0.4) is 0 Å². The Labute approximate surface area is 94.4 Å². The molecule has 1 atom stereocenters. The highest BCUT2D eigenvalue weighted by Crippen LogP contribution is 2.21. The van der Waals surface area contributed by atoms with E-state index in [0.29, 0.717) is 12.0 Å². The van der Waals surface area contributed by atoms with Gasteiger partial charge in [-0.15, -0.1) is 0 Å². The summed E-state index contributed by atoms with van der Waals surface area (Å²) in [7, 11) is 0. The molecule has 15 heavy (non-hydrogen) atoms. The first-order valence-electron chi connectivity index (χ1n) is 4.40. The number of amides is 1. The molecule has 0 aliphatic carbocycles. The minimum atomic E-state index is -1.01. The van der Waals surface area contributed by atoms with Crippen molar-refractivity contribution in [1.82, 2.24) is 5.32 Å². The van der Waals surface area contributed by atoms with Crippen LogP contribution in [0.2, 0.25) is 0 Å². The third-order valence-electron chi connectivity index (χ3n) is 2.34. The number of fused-ring (bicyclic) bond motifs is 1. The van der Waals surface area contributed by atoms with E-state index in [0.717, 1.165) is 10.0 Å². The summed E-state index contributed by atoms with van der Waals surface area (Å²) >= 11 is 3.29. The molecule has 0 bridgehead atoms. The maximum Gasteiger partial charge on any atom is 0.326 e. The minimum Gasteiger partial charge on any atom is -0.480 e. The molecular formula is C10H8BrNO3. The second kappa shape index (κ2) is 3.66. The van der Waals surface area contributed by atoms with Crippen molar-refractivity contribution >= 4 is 27.8 Å². The van der Waals surface area contributed by atoms with Crippen molar-refractivity contribution in [3.05, 3.63) is 33.8 Å². The van der Waals surface area contributed by atoms with Gasteiger partial charge in [0, 0.05) is 16.5 Å². The lowest BCUT2D eigenvalue weighted by molar-refractivity contribution is -0.139. The van der Waals surface area contributed by atoms with Crippen molar-refractivity contribution in [2.24, 2.45) is 0 Å². The molecule has 0 saturated carbocycles. The van der Waals surface area contributed by atoms with E-state index >= 15 is 0 Å². The maximum atomic E-state index is 11.5. The second-order valence-electron chi connectivity index (χ2n) is 3.37. The zero-order valence-corrected chi connectivity index (χ0v) is 9.24. The molecule has 0 aromatic heterocycles. The number of carbonyl (C=O) groups is 2. The van der Waals surface area contributed by atoms with Crippen LogP contribution in [0.1, 0.15) is 15.9 Å². The summed E-state index contributed by atoms with van der Waals surface area (Å²) in [4.78, 5) is 22.3. The molecule has 78 valence electrons. The van der Waals surface area contributed by atoms with Gasteiger partial charge in [-0.3, -0.25) is 4.79 Å².